The summed E-state index contributed by atoms with van der Waals surface area (Å²) in [5, 5.41) is 9.02. The van der Waals surface area contributed by atoms with E-state index in [2.05, 4.69) is 17.9 Å². The number of aliphatic carboxylic acids is 1. The van der Waals surface area contributed by atoms with Crippen LogP contribution in [-0.2, 0) is 4.79 Å². The van der Waals surface area contributed by atoms with Gasteiger partial charge in [0, 0.05) is 0 Å². The average molecular weight is 362 g/mol. The van der Waals surface area contributed by atoms with Gasteiger partial charge < -0.3 is 11.3 Å². The molecule has 0 heterocycles. The fraction of sp³-hybridized carbons (Fsp3) is 0.500. The Labute approximate surface area is 180 Å². The van der Waals surface area contributed by atoms with Crippen LogP contribution >= 0.6 is 0 Å². The minimum Gasteiger partial charge on any atom is -1.00 e. The first-order valence-electron chi connectivity index (χ1n) is 9.15. The molecule has 26 heavy (non-hydrogen) atoms. The molecule has 1 atom stereocenters. The van der Waals surface area contributed by atoms with Crippen molar-refractivity contribution in [3.8, 4) is 17.6 Å². The number of carboxylic acids is 1. The third-order valence-corrected chi connectivity index (χ3v) is 5.49. The van der Waals surface area contributed by atoms with E-state index in [1.165, 1.54) is 44.1 Å². The largest absolute Gasteiger partial charge is 1.00 e. The Bertz CT molecular complexity index is 709. The second-order valence-electron chi connectivity index (χ2n) is 7.35. The summed E-state index contributed by atoms with van der Waals surface area (Å²) in [6.07, 6.45) is 10.3. The second kappa shape index (κ2) is 9.65. The van der Waals surface area contributed by atoms with E-state index in [-0.39, 0.29) is 43.3 Å². The molecule has 2 aliphatic rings. The van der Waals surface area contributed by atoms with Gasteiger partial charge in [0.25, 0.3) is 0 Å². The average Bonchev–Trinajstić information content (AvgIpc) is 3.23. The third kappa shape index (κ3) is 5.39. The molecule has 0 radical (unpaired) electrons. The van der Waals surface area contributed by atoms with Crippen LogP contribution in [-0.4, -0.2) is 17.7 Å². The van der Waals surface area contributed by atoms with Crippen molar-refractivity contribution in [3.63, 3.8) is 0 Å². The summed E-state index contributed by atoms with van der Waals surface area (Å²) in [7, 11) is 0. The molecule has 1 aromatic carbocycles. The Hall–Kier alpha value is -1.21. The van der Waals surface area contributed by atoms with E-state index in [1.807, 2.05) is 24.3 Å². The number of allylic oxidation sites excluding steroid dienone is 1. The molecule has 2 aliphatic carbocycles. The van der Waals surface area contributed by atoms with Crippen molar-refractivity contribution in [2.24, 2.45) is 5.41 Å². The predicted molar refractivity (Wildman–Crippen MR) is 99.7 cm³/mol. The number of hydrogen-bond acceptors (Lipinski definition) is 2. The van der Waals surface area contributed by atoms with E-state index in [9.17, 15) is 4.79 Å². The molecule has 1 aromatic rings. The molecular formula is C22H27NaO3. The number of benzene rings is 1. The van der Waals surface area contributed by atoms with Gasteiger partial charge in [-0.15, -0.1) is 5.92 Å². The quantitative estimate of drug-likeness (QED) is 0.479. The normalized spacial score (nSPS) is 18.4. The maximum atomic E-state index is 11.0. The summed E-state index contributed by atoms with van der Waals surface area (Å²) < 4.78 is 5.95. The maximum Gasteiger partial charge on any atom is 1.00 e. The topological polar surface area (TPSA) is 46.5 Å². The minimum atomic E-state index is -0.831. The third-order valence-electron chi connectivity index (χ3n) is 5.49. The summed E-state index contributed by atoms with van der Waals surface area (Å²) in [6, 6.07) is 7.69. The molecular weight excluding hydrogens is 335 g/mol. The van der Waals surface area contributed by atoms with Gasteiger partial charge >= 0.3 is 35.5 Å². The molecule has 0 saturated heterocycles. The molecule has 1 N–H and O–H groups in total. The smallest absolute Gasteiger partial charge is 1.00 e. The molecule has 134 valence electrons. The van der Waals surface area contributed by atoms with Crippen LogP contribution in [0.5, 0.6) is 5.75 Å². The number of hydrogen-bond donors (Lipinski definition) is 1. The van der Waals surface area contributed by atoms with Crippen LogP contribution in [0.15, 0.2) is 35.9 Å². The van der Waals surface area contributed by atoms with Crippen LogP contribution in [0, 0.1) is 17.3 Å². The molecule has 0 aromatic heterocycles. The van der Waals surface area contributed by atoms with E-state index in [0.717, 1.165) is 11.3 Å². The molecule has 0 bridgehead atoms. The fourth-order valence-electron chi connectivity index (χ4n) is 4.18. The van der Waals surface area contributed by atoms with Crippen molar-refractivity contribution < 1.29 is 45.6 Å². The number of carboxylic acid groups (broad SMARTS) is 1. The van der Waals surface area contributed by atoms with Crippen molar-refractivity contribution in [1.82, 2.24) is 0 Å². The zero-order valence-corrected chi connectivity index (χ0v) is 17.9. The molecule has 1 spiro atoms. The van der Waals surface area contributed by atoms with Gasteiger partial charge in [-0.25, -0.2) is 0 Å². The van der Waals surface area contributed by atoms with Gasteiger partial charge in [0.2, 0.25) is 0 Å². The van der Waals surface area contributed by atoms with E-state index in [0.29, 0.717) is 12.0 Å². The summed E-state index contributed by atoms with van der Waals surface area (Å²) in [6.45, 7) is 2.40. The monoisotopic (exact) mass is 362 g/mol. The summed E-state index contributed by atoms with van der Waals surface area (Å²) >= 11 is 0. The van der Waals surface area contributed by atoms with E-state index in [4.69, 9.17) is 9.84 Å². The number of rotatable bonds is 6. The Kier molecular flexibility index (Phi) is 7.83. The summed E-state index contributed by atoms with van der Waals surface area (Å²) in [4.78, 5) is 11.0. The Morgan fingerprint density at radius 2 is 2.00 bits per heavy atom. The first-order valence-corrected chi connectivity index (χ1v) is 9.15. The van der Waals surface area contributed by atoms with E-state index in [1.54, 1.807) is 6.92 Å². The maximum absolute atomic E-state index is 11.0. The van der Waals surface area contributed by atoms with E-state index < -0.39 is 5.97 Å². The molecule has 1 saturated carbocycles. The van der Waals surface area contributed by atoms with E-state index >= 15 is 0 Å². The van der Waals surface area contributed by atoms with Crippen LogP contribution in [0.1, 0.15) is 64.8 Å². The van der Waals surface area contributed by atoms with Gasteiger partial charge in [0.1, 0.15) is 12.4 Å². The zero-order chi connectivity index (χ0) is 17.7. The molecule has 3 nitrogen and oxygen atoms in total. The standard InChI is InChI=1S/C22H26O3.Na.H/c1-2-5-19(14-21(23)24)18-6-8-20(9-7-18)25-16-17-10-13-22(15-17)11-3-4-12-22;;/h6-10,19H,3-4,11-16H2,1H3,(H,23,24);;/q;+1;-1. The first-order chi connectivity index (χ1) is 12.1. The second-order valence-corrected chi connectivity index (χ2v) is 7.35. The molecule has 1 unspecified atom stereocenters. The van der Waals surface area contributed by atoms with Gasteiger partial charge in [-0.3, -0.25) is 4.79 Å². The van der Waals surface area contributed by atoms with Gasteiger partial charge in [-0.1, -0.05) is 37.0 Å². The summed E-state index contributed by atoms with van der Waals surface area (Å²) in [5.74, 6) is 5.52. The molecule has 3 rings (SSSR count). The Morgan fingerprint density at radius 1 is 1.31 bits per heavy atom. The van der Waals surface area contributed by atoms with Crippen molar-refractivity contribution in [1.29, 1.82) is 0 Å². The van der Waals surface area contributed by atoms with Crippen molar-refractivity contribution >= 4 is 5.97 Å². The van der Waals surface area contributed by atoms with Gasteiger partial charge in [-0.05, 0) is 61.3 Å². The molecule has 0 aliphatic heterocycles. The fourth-order valence-corrected chi connectivity index (χ4v) is 4.18. The van der Waals surface area contributed by atoms with Crippen molar-refractivity contribution in [2.75, 3.05) is 6.61 Å². The first kappa shape index (κ1) is 21.1. The molecule has 4 heteroatoms. The molecule has 1 fully saturated rings. The summed E-state index contributed by atoms with van der Waals surface area (Å²) in [5.41, 5.74) is 2.89. The van der Waals surface area contributed by atoms with Crippen LogP contribution in [0.4, 0.5) is 0 Å². The number of ether oxygens (including phenoxy) is 1. The molecule has 0 amide bonds. The Morgan fingerprint density at radius 3 is 2.62 bits per heavy atom. The van der Waals surface area contributed by atoms with Crippen molar-refractivity contribution in [3.05, 3.63) is 41.5 Å². The van der Waals surface area contributed by atoms with Crippen LogP contribution in [0.25, 0.3) is 0 Å². The van der Waals surface area contributed by atoms with Crippen LogP contribution in [0.3, 0.4) is 0 Å². The van der Waals surface area contributed by atoms with Crippen LogP contribution in [0.2, 0.25) is 0 Å². The van der Waals surface area contributed by atoms with Gasteiger partial charge in [-0.2, -0.15) is 0 Å². The van der Waals surface area contributed by atoms with Crippen molar-refractivity contribution in [2.45, 2.75) is 57.8 Å². The zero-order valence-electron chi connectivity index (χ0n) is 16.9. The minimum absolute atomic E-state index is 0. The van der Waals surface area contributed by atoms with Gasteiger partial charge in [0.15, 0.2) is 0 Å². The Balaban J connectivity index is 0.00000182. The van der Waals surface area contributed by atoms with Crippen LogP contribution < -0.4 is 34.3 Å². The van der Waals surface area contributed by atoms with Gasteiger partial charge in [0.05, 0.1) is 12.3 Å². The predicted octanol–water partition coefficient (Wildman–Crippen LogP) is 2.04. The number of carbonyl (C=O) groups is 1. The SMILES string of the molecule is CC#CC(CC(=O)O)c1ccc(OCC2=CCC3(CCCC3)C2)cc1.[H-].[Na+].